The zero-order valence-electron chi connectivity index (χ0n) is 10.9. The number of nitriles is 1. The van der Waals surface area contributed by atoms with Crippen LogP contribution in [-0.2, 0) is 0 Å². The largest absolute Gasteiger partial charge is 0.392 e. The Morgan fingerprint density at radius 3 is 2.29 bits per heavy atom. The van der Waals surface area contributed by atoms with Crippen molar-refractivity contribution in [1.29, 1.82) is 5.26 Å². The van der Waals surface area contributed by atoms with E-state index in [0.29, 0.717) is 5.92 Å². The summed E-state index contributed by atoms with van der Waals surface area (Å²) in [6.07, 6.45) is 9.41. The Labute approximate surface area is 105 Å². The van der Waals surface area contributed by atoms with Gasteiger partial charge in [-0.2, -0.15) is 5.26 Å². The molecule has 0 bridgehead atoms. The molecule has 0 heterocycles. The molecule has 17 heavy (non-hydrogen) atoms. The smallest absolute Gasteiger partial charge is 0.0722 e. The van der Waals surface area contributed by atoms with Crippen LogP contribution in [0.25, 0.3) is 0 Å². The standard InChI is InChI=1S/C15H25NO/c1-11-2-4-12(5-3-11)8-13-6-7-14(10-16)15(17)9-13/h11-15,17H,2-9H2,1H3. The molecule has 96 valence electrons. The number of aliphatic hydroxyl groups excluding tert-OH is 1. The maximum absolute atomic E-state index is 9.89. The van der Waals surface area contributed by atoms with Crippen LogP contribution in [0.5, 0.6) is 0 Å². The van der Waals surface area contributed by atoms with Crippen LogP contribution >= 0.6 is 0 Å². The molecular weight excluding hydrogens is 210 g/mol. The first-order valence-corrected chi connectivity index (χ1v) is 7.26. The van der Waals surface area contributed by atoms with Gasteiger partial charge in [0.15, 0.2) is 0 Å². The van der Waals surface area contributed by atoms with E-state index in [0.717, 1.165) is 31.1 Å². The first-order chi connectivity index (χ1) is 8.19. The second-order valence-corrected chi connectivity index (χ2v) is 6.34. The topological polar surface area (TPSA) is 44.0 Å². The highest BCUT2D eigenvalue weighted by atomic mass is 16.3. The number of hydrogen-bond donors (Lipinski definition) is 1. The molecule has 2 nitrogen and oxygen atoms in total. The second-order valence-electron chi connectivity index (χ2n) is 6.34. The number of aliphatic hydroxyl groups is 1. The fourth-order valence-corrected chi connectivity index (χ4v) is 3.63. The van der Waals surface area contributed by atoms with Crippen molar-refractivity contribution in [3.63, 3.8) is 0 Å². The molecule has 3 atom stereocenters. The van der Waals surface area contributed by atoms with Gasteiger partial charge < -0.3 is 5.11 Å². The lowest BCUT2D eigenvalue weighted by atomic mass is 9.73. The molecule has 2 saturated carbocycles. The molecule has 0 saturated heterocycles. The highest BCUT2D eigenvalue weighted by Crippen LogP contribution is 2.38. The van der Waals surface area contributed by atoms with E-state index in [1.165, 1.54) is 32.1 Å². The van der Waals surface area contributed by atoms with E-state index in [4.69, 9.17) is 5.26 Å². The van der Waals surface area contributed by atoms with Gasteiger partial charge in [-0.15, -0.1) is 0 Å². The highest BCUT2D eigenvalue weighted by Gasteiger charge is 2.31. The van der Waals surface area contributed by atoms with Gasteiger partial charge in [0.2, 0.25) is 0 Å². The fraction of sp³-hybridized carbons (Fsp3) is 0.933. The average molecular weight is 235 g/mol. The zero-order chi connectivity index (χ0) is 12.3. The van der Waals surface area contributed by atoms with E-state index in [1.807, 2.05) is 0 Å². The van der Waals surface area contributed by atoms with Gasteiger partial charge in [0.25, 0.3) is 0 Å². The van der Waals surface area contributed by atoms with Gasteiger partial charge in [-0.05, 0) is 43.4 Å². The molecule has 0 radical (unpaired) electrons. The Morgan fingerprint density at radius 1 is 1.06 bits per heavy atom. The van der Waals surface area contributed by atoms with Gasteiger partial charge in [0, 0.05) is 0 Å². The van der Waals surface area contributed by atoms with Gasteiger partial charge >= 0.3 is 0 Å². The van der Waals surface area contributed by atoms with Crippen LogP contribution < -0.4 is 0 Å². The van der Waals surface area contributed by atoms with Gasteiger partial charge in [-0.25, -0.2) is 0 Å². The molecule has 0 spiro atoms. The molecule has 2 heteroatoms. The Kier molecular flexibility index (Phi) is 4.45. The van der Waals surface area contributed by atoms with Crippen molar-refractivity contribution in [1.82, 2.24) is 0 Å². The molecule has 0 aromatic rings. The van der Waals surface area contributed by atoms with Crippen molar-refractivity contribution < 1.29 is 5.11 Å². The Balaban J connectivity index is 1.75. The zero-order valence-corrected chi connectivity index (χ0v) is 10.9. The monoisotopic (exact) mass is 235 g/mol. The summed E-state index contributed by atoms with van der Waals surface area (Å²) in [6, 6.07) is 2.23. The molecule has 2 fully saturated rings. The minimum atomic E-state index is -0.360. The molecule has 1 N–H and O–H groups in total. The van der Waals surface area contributed by atoms with Crippen LogP contribution in [0, 0.1) is 35.0 Å². The first kappa shape index (κ1) is 12.9. The van der Waals surface area contributed by atoms with Crippen molar-refractivity contribution in [3.8, 4) is 6.07 Å². The van der Waals surface area contributed by atoms with Crippen molar-refractivity contribution in [2.75, 3.05) is 0 Å². The molecule has 0 amide bonds. The highest BCUT2D eigenvalue weighted by molar-refractivity contribution is 4.93. The number of hydrogen-bond acceptors (Lipinski definition) is 2. The summed E-state index contributed by atoms with van der Waals surface area (Å²) >= 11 is 0. The van der Waals surface area contributed by atoms with Gasteiger partial charge in [0.1, 0.15) is 0 Å². The van der Waals surface area contributed by atoms with Crippen molar-refractivity contribution in [3.05, 3.63) is 0 Å². The van der Waals surface area contributed by atoms with E-state index in [-0.39, 0.29) is 12.0 Å². The summed E-state index contributed by atoms with van der Waals surface area (Å²) in [5.41, 5.74) is 0. The van der Waals surface area contributed by atoms with E-state index in [2.05, 4.69) is 13.0 Å². The van der Waals surface area contributed by atoms with Crippen molar-refractivity contribution in [2.45, 2.75) is 64.4 Å². The van der Waals surface area contributed by atoms with Gasteiger partial charge in [-0.1, -0.05) is 32.6 Å². The summed E-state index contributed by atoms with van der Waals surface area (Å²) in [5.74, 6) is 2.39. The molecule has 2 aliphatic carbocycles. The molecule has 0 aliphatic heterocycles. The third-order valence-electron chi connectivity index (χ3n) is 4.89. The predicted octanol–water partition coefficient (Wildman–Crippen LogP) is 3.50. The van der Waals surface area contributed by atoms with Crippen molar-refractivity contribution in [2.24, 2.45) is 23.7 Å². The summed E-state index contributed by atoms with van der Waals surface area (Å²) in [5, 5.41) is 18.8. The summed E-state index contributed by atoms with van der Waals surface area (Å²) < 4.78 is 0. The number of rotatable bonds is 2. The van der Waals surface area contributed by atoms with Crippen molar-refractivity contribution >= 4 is 0 Å². The van der Waals surface area contributed by atoms with Crippen LogP contribution in [0.15, 0.2) is 0 Å². The average Bonchev–Trinajstić information content (AvgIpc) is 2.32. The third kappa shape index (κ3) is 3.45. The lowest BCUT2D eigenvalue weighted by Crippen LogP contribution is -2.29. The molecular formula is C15H25NO. The van der Waals surface area contributed by atoms with E-state index >= 15 is 0 Å². The molecule has 0 aromatic carbocycles. The lowest BCUT2D eigenvalue weighted by Gasteiger charge is -2.34. The molecule has 0 aromatic heterocycles. The second kappa shape index (κ2) is 5.87. The normalized spacial score (nSPS) is 43.0. The SMILES string of the molecule is CC1CCC(CC2CCC(C#N)C(O)C2)CC1. The van der Waals surface area contributed by atoms with Crippen LogP contribution in [0.1, 0.15) is 58.3 Å². The van der Waals surface area contributed by atoms with E-state index in [1.54, 1.807) is 0 Å². The maximum Gasteiger partial charge on any atom is 0.0722 e. The van der Waals surface area contributed by atoms with E-state index < -0.39 is 0 Å². The van der Waals surface area contributed by atoms with E-state index in [9.17, 15) is 5.11 Å². The Hall–Kier alpha value is -0.550. The summed E-state index contributed by atoms with van der Waals surface area (Å²) in [4.78, 5) is 0. The van der Waals surface area contributed by atoms with Gasteiger partial charge in [0.05, 0.1) is 18.1 Å². The molecule has 2 rings (SSSR count). The van der Waals surface area contributed by atoms with Crippen LogP contribution in [0.2, 0.25) is 0 Å². The van der Waals surface area contributed by atoms with Crippen LogP contribution in [-0.4, -0.2) is 11.2 Å². The molecule has 3 unspecified atom stereocenters. The summed E-state index contributed by atoms with van der Waals surface area (Å²) in [7, 11) is 0. The quantitative estimate of drug-likeness (QED) is 0.796. The minimum Gasteiger partial charge on any atom is -0.392 e. The Bertz CT molecular complexity index is 275. The van der Waals surface area contributed by atoms with Gasteiger partial charge in [-0.3, -0.25) is 0 Å². The third-order valence-corrected chi connectivity index (χ3v) is 4.89. The van der Waals surface area contributed by atoms with Crippen LogP contribution in [0.3, 0.4) is 0 Å². The predicted molar refractivity (Wildman–Crippen MR) is 68.2 cm³/mol. The maximum atomic E-state index is 9.89. The van der Waals surface area contributed by atoms with Crippen LogP contribution in [0.4, 0.5) is 0 Å². The first-order valence-electron chi connectivity index (χ1n) is 7.26. The fourth-order valence-electron chi connectivity index (χ4n) is 3.63. The Morgan fingerprint density at radius 2 is 1.71 bits per heavy atom. The minimum absolute atomic E-state index is 0.0994. The lowest BCUT2D eigenvalue weighted by molar-refractivity contribution is 0.0583. The number of nitrogens with zero attached hydrogens (tertiary/aromatic N) is 1. The summed E-state index contributed by atoms with van der Waals surface area (Å²) in [6.45, 7) is 2.36. The molecule has 2 aliphatic rings.